The number of hydrogen-bond acceptors (Lipinski definition) is 5. The van der Waals surface area contributed by atoms with Gasteiger partial charge in [0.1, 0.15) is 5.01 Å². The van der Waals surface area contributed by atoms with E-state index in [1.165, 1.54) is 0 Å². The smallest absolute Gasteiger partial charge is 0.223 e. The maximum Gasteiger partial charge on any atom is 0.223 e. The van der Waals surface area contributed by atoms with Gasteiger partial charge >= 0.3 is 0 Å². The van der Waals surface area contributed by atoms with Crippen molar-refractivity contribution in [1.29, 1.82) is 0 Å². The number of rotatable bonds is 4. The molecule has 0 aliphatic carbocycles. The molecule has 2 heterocycles. The maximum absolute atomic E-state index is 4.53. The minimum atomic E-state index is 0.168. The maximum atomic E-state index is 4.53. The van der Waals surface area contributed by atoms with E-state index in [4.69, 9.17) is 0 Å². The number of benzene rings is 1. The second kappa shape index (κ2) is 5.32. The molecule has 19 heavy (non-hydrogen) atoms. The fourth-order valence-corrected chi connectivity index (χ4v) is 2.72. The van der Waals surface area contributed by atoms with Gasteiger partial charge in [-0.3, -0.25) is 0 Å². The van der Waals surface area contributed by atoms with E-state index in [1.54, 1.807) is 11.3 Å². The number of anilines is 1. The standard InChI is InChI=1S/C14H14N4S/c1-2-11(13-15-7-8-19-13)17-14-16-9-10-5-3-4-6-12(10)18-14/h3-9,11H,2H2,1H3,(H,16,17,18). The molecule has 2 aromatic heterocycles. The molecule has 1 aromatic carbocycles. The number of hydrogen-bond donors (Lipinski definition) is 1. The number of nitrogens with one attached hydrogen (secondary N) is 1. The van der Waals surface area contributed by atoms with Crippen LogP contribution in [0, 0.1) is 0 Å². The van der Waals surface area contributed by atoms with Crippen LogP contribution in [0.5, 0.6) is 0 Å². The number of para-hydroxylation sites is 1. The van der Waals surface area contributed by atoms with Crippen molar-refractivity contribution in [3.63, 3.8) is 0 Å². The Hall–Kier alpha value is -2.01. The van der Waals surface area contributed by atoms with Gasteiger partial charge in [-0.2, -0.15) is 0 Å². The minimum Gasteiger partial charge on any atom is -0.345 e. The largest absolute Gasteiger partial charge is 0.345 e. The molecule has 0 spiro atoms. The highest BCUT2D eigenvalue weighted by Crippen LogP contribution is 2.23. The SMILES string of the molecule is CCC(Nc1ncc2ccccc2n1)c1nccs1. The molecule has 0 saturated heterocycles. The van der Waals surface area contributed by atoms with E-state index >= 15 is 0 Å². The molecular weight excluding hydrogens is 256 g/mol. The zero-order chi connectivity index (χ0) is 13.1. The zero-order valence-corrected chi connectivity index (χ0v) is 11.4. The predicted molar refractivity (Wildman–Crippen MR) is 78.3 cm³/mol. The Bertz CT molecular complexity index is 666. The van der Waals surface area contributed by atoms with E-state index in [-0.39, 0.29) is 6.04 Å². The van der Waals surface area contributed by atoms with Crippen LogP contribution in [0.1, 0.15) is 24.4 Å². The molecular formula is C14H14N4S. The van der Waals surface area contributed by atoms with Gasteiger partial charge < -0.3 is 5.32 Å². The summed E-state index contributed by atoms with van der Waals surface area (Å²) in [4.78, 5) is 13.2. The van der Waals surface area contributed by atoms with Crippen molar-refractivity contribution < 1.29 is 0 Å². The molecule has 0 bridgehead atoms. The fraction of sp³-hybridized carbons (Fsp3) is 0.214. The molecule has 3 rings (SSSR count). The quantitative estimate of drug-likeness (QED) is 0.786. The average molecular weight is 270 g/mol. The molecule has 0 radical (unpaired) electrons. The third-order valence-corrected chi connectivity index (χ3v) is 3.84. The first-order valence-corrected chi connectivity index (χ1v) is 7.12. The second-order valence-electron chi connectivity index (χ2n) is 4.23. The van der Waals surface area contributed by atoms with Crippen molar-refractivity contribution >= 4 is 28.2 Å². The summed E-state index contributed by atoms with van der Waals surface area (Å²) in [5.74, 6) is 0.653. The number of nitrogens with zero attached hydrogens (tertiary/aromatic N) is 3. The van der Waals surface area contributed by atoms with Crippen LogP contribution in [-0.4, -0.2) is 15.0 Å². The summed E-state index contributed by atoms with van der Waals surface area (Å²) in [5, 5.41) is 7.46. The summed E-state index contributed by atoms with van der Waals surface area (Å²) in [6, 6.07) is 8.14. The second-order valence-corrected chi connectivity index (χ2v) is 5.15. The summed E-state index contributed by atoms with van der Waals surface area (Å²) < 4.78 is 0. The number of fused-ring (bicyclic) bond motifs is 1. The van der Waals surface area contributed by atoms with Crippen LogP contribution in [0.3, 0.4) is 0 Å². The van der Waals surface area contributed by atoms with Crippen molar-refractivity contribution in [2.45, 2.75) is 19.4 Å². The molecule has 1 atom stereocenters. The highest BCUT2D eigenvalue weighted by atomic mass is 32.1. The summed E-state index contributed by atoms with van der Waals surface area (Å²) in [6.07, 6.45) is 4.62. The Morgan fingerprint density at radius 3 is 2.95 bits per heavy atom. The lowest BCUT2D eigenvalue weighted by Crippen LogP contribution is -2.11. The summed E-state index contributed by atoms with van der Waals surface area (Å²) in [6.45, 7) is 2.13. The summed E-state index contributed by atoms with van der Waals surface area (Å²) in [5.41, 5.74) is 0.953. The van der Waals surface area contributed by atoms with Crippen molar-refractivity contribution in [2.24, 2.45) is 0 Å². The first kappa shape index (κ1) is 12.0. The lowest BCUT2D eigenvalue weighted by Gasteiger charge is -2.14. The normalized spacial score (nSPS) is 12.5. The van der Waals surface area contributed by atoms with Crippen LogP contribution >= 0.6 is 11.3 Å². The minimum absolute atomic E-state index is 0.168. The predicted octanol–water partition coefficient (Wildman–Crippen LogP) is 3.65. The van der Waals surface area contributed by atoms with Gasteiger partial charge in [0.05, 0.1) is 11.6 Å². The Kier molecular flexibility index (Phi) is 3.37. The molecule has 5 heteroatoms. The van der Waals surface area contributed by atoms with Gasteiger partial charge in [0.25, 0.3) is 0 Å². The van der Waals surface area contributed by atoms with E-state index < -0.39 is 0 Å². The molecule has 0 aliphatic heterocycles. The topological polar surface area (TPSA) is 50.7 Å². The van der Waals surface area contributed by atoms with E-state index in [2.05, 4.69) is 27.2 Å². The Morgan fingerprint density at radius 1 is 1.26 bits per heavy atom. The van der Waals surface area contributed by atoms with Crippen LogP contribution < -0.4 is 5.32 Å². The van der Waals surface area contributed by atoms with Crippen molar-refractivity contribution in [3.8, 4) is 0 Å². The Labute approximate surface area is 115 Å². The number of aromatic nitrogens is 3. The first-order chi connectivity index (χ1) is 9.36. The van der Waals surface area contributed by atoms with Crippen LogP contribution in [0.2, 0.25) is 0 Å². The molecule has 4 nitrogen and oxygen atoms in total. The highest BCUT2D eigenvalue weighted by molar-refractivity contribution is 7.09. The van der Waals surface area contributed by atoms with Crippen LogP contribution in [0.15, 0.2) is 42.0 Å². The van der Waals surface area contributed by atoms with Gasteiger partial charge in [0.15, 0.2) is 0 Å². The zero-order valence-electron chi connectivity index (χ0n) is 10.6. The lowest BCUT2D eigenvalue weighted by molar-refractivity contribution is 0.732. The Morgan fingerprint density at radius 2 is 2.16 bits per heavy atom. The van der Waals surface area contributed by atoms with Crippen molar-refractivity contribution in [2.75, 3.05) is 5.32 Å². The summed E-state index contributed by atoms with van der Waals surface area (Å²) >= 11 is 1.65. The molecule has 0 saturated carbocycles. The first-order valence-electron chi connectivity index (χ1n) is 6.24. The van der Waals surface area contributed by atoms with Crippen LogP contribution in [0.4, 0.5) is 5.95 Å². The van der Waals surface area contributed by atoms with Crippen molar-refractivity contribution in [1.82, 2.24) is 15.0 Å². The van der Waals surface area contributed by atoms with Gasteiger partial charge in [-0.1, -0.05) is 25.1 Å². The van der Waals surface area contributed by atoms with E-state index in [0.29, 0.717) is 5.95 Å². The van der Waals surface area contributed by atoms with E-state index in [1.807, 2.05) is 42.0 Å². The van der Waals surface area contributed by atoms with Crippen molar-refractivity contribution in [3.05, 3.63) is 47.0 Å². The molecule has 1 unspecified atom stereocenters. The lowest BCUT2D eigenvalue weighted by atomic mass is 10.2. The van der Waals surface area contributed by atoms with Gasteiger partial charge in [-0.05, 0) is 12.5 Å². The van der Waals surface area contributed by atoms with Gasteiger partial charge in [-0.25, -0.2) is 15.0 Å². The summed E-state index contributed by atoms with van der Waals surface area (Å²) in [7, 11) is 0. The molecule has 96 valence electrons. The van der Waals surface area contributed by atoms with Crippen LogP contribution in [0.25, 0.3) is 10.9 Å². The highest BCUT2D eigenvalue weighted by Gasteiger charge is 2.13. The third kappa shape index (κ3) is 2.56. The van der Waals surface area contributed by atoms with E-state index in [9.17, 15) is 0 Å². The van der Waals surface area contributed by atoms with Gasteiger partial charge in [-0.15, -0.1) is 11.3 Å². The monoisotopic (exact) mass is 270 g/mol. The fourth-order valence-electron chi connectivity index (χ4n) is 1.94. The molecule has 0 fully saturated rings. The molecule has 0 amide bonds. The average Bonchev–Trinajstić information content (AvgIpc) is 2.98. The third-order valence-electron chi connectivity index (χ3n) is 2.95. The van der Waals surface area contributed by atoms with Gasteiger partial charge in [0, 0.05) is 23.2 Å². The molecule has 0 aliphatic rings. The number of thiazole rings is 1. The molecule has 3 aromatic rings. The molecule has 1 N–H and O–H groups in total. The Balaban J connectivity index is 1.88. The van der Waals surface area contributed by atoms with E-state index in [0.717, 1.165) is 22.3 Å². The van der Waals surface area contributed by atoms with Gasteiger partial charge in [0.2, 0.25) is 5.95 Å². The van der Waals surface area contributed by atoms with Crippen LogP contribution in [-0.2, 0) is 0 Å².